The van der Waals surface area contributed by atoms with Crippen molar-refractivity contribution in [3.05, 3.63) is 55.4 Å². The fourth-order valence-electron chi connectivity index (χ4n) is 3.76. The van der Waals surface area contributed by atoms with Crippen molar-refractivity contribution in [2.75, 3.05) is 11.7 Å². The first-order chi connectivity index (χ1) is 13.9. The van der Waals surface area contributed by atoms with E-state index in [-0.39, 0.29) is 30.1 Å². The molecule has 2 aliphatic heterocycles. The summed E-state index contributed by atoms with van der Waals surface area (Å²) in [5.74, 6) is -0.240. The Morgan fingerprint density at radius 3 is 2.69 bits per heavy atom. The van der Waals surface area contributed by atoms with Crippen molar-refractivity contribution in [2.24, 2.45) is 0 Å². The Balaban J connectivity index is 1.74. The second kappa shape index (κ2) is 6.72. The van der Waals surface area contributed by atoms with Gasteiger partial charge in [-0.3, -0.25) is 9.69 Å². The highest BCUT2D eigenvalue weighted by molar-refractivity contribution is 9.10. The van der Waals surface area contributed by atoms with Gasteiger partial charge in [0.05, 0.1) is 15.7 Å². The summed E-state index contributed by atoms with van der Waals surface area (Å²) in [5.41, 5.74) is 1.10. The zero-order valence-corrected chi connectivity index (χ0v) is 18.4. The first-order valence-electron chi connectivity index (χ1n) is 8.82. The van der Waals surface area contributed by atoms with E-state index in [1.807, 2.05) is 24.5 Å². The summed E-state index contributed by atoms with van der Waals surface area (Å²) in [6.07, 6.45) is 0. The van der Waals surface area contributed by atoms with Crippen LogP contribution in [-0.2, 0) is 0 Å². The van der Waals surface area contributed by atoms with Gasteiger partial charge in [0.2, 0.25) is 6.79 Å². The average Bonchev–Trinajstić information content (AvgIpc) is 3.40. The van der Waals surface area contributed by atoms with Crippen LogP contribution in [0, 0.1) is 5.82 Å². The molecular weight excluding hydrogens is 485 g/mol. The van der Waals surface area contributed by atoms with Gasteiger partial charge in [0, 0.05) is 23.1 Å². The molecule has 4 heterocycles. The van der Waals surface area contributed by atoms with Crippen LogP contribution in [0.3, 0.4) is 0 Å². The van der Waals surface area contributed by atoms with Crippen molar-refractivity contribution in [1.82, 2.24) is 9.55 Å². The summed E-state index contributed by atoms with van der Waals surface area (Å²) in [6.45, 7) is 4.02. The number of rotatable bonds is 3. The van der Waals surface area contributed by atoms with E-state index in [0.29, 0.717) is 26.3 Å². The lowest BCUT2D eigenvalue weighted by Crippen LogP contribution is -2.30. The van der Waals surface area contributed by atoms with E-state index in [1.165, 1.54) is 28.4 Å². The van der Waals surface area contributed by atoms with E-state index in [4.69, 9.17) is 21.1 Å². The highest BCUT2D eigenvalue weighted by Gasteiger charge is 2.46. The predicted molar refractivity (Wildman–Crippen MR) is 111 cm³/mol. The van der Waals surface area contributed by atoms with Crippen molar-refractivity contribution < 1.29 is 18.7 Å². The lowest BCUT2D eigenvalue weighted by Gasteiger charge is -2.27. The van der Waals surface area contributed by atoms with Crippen molar-refractivity contribution in [2.45, 2.75) is 25.9 Å². The Hall–Kier alpha value is -2.10. The number of hydrogen-bond donors (Lipinski definition) is 0. The number of amides is 1. The Morgan fingerprint density at radius 1 is 1.31 bits per heavy atom. The molecule has 0 radical (unpaired) electrons. The Bertz CT molecular complexity index is 1160. The van der Waals surface area contributed by atoms with Gasteiger partial charge in [-0.05, 0) is 41.9 Å². The van der Waals surface area contributed by atoms with Gasteiger partial charge in [0.25, 0.3) is 5.91 Å². The van der Waals surface area contributed by atoms with Crippen LogP contribution >= 0.6 is 38.9 Å². The molecule has 0 aliphatic carbocycles. The lowest BCUT2D eigenvalue weighted by molar-refractivity contribution is 0.0988. The van der Waals surface area contributed by atoms with Crippen LogP contribution in [-0.4, -0.2) is 22.3 Å². The Labute approximate surface area is 182 Å². The second-order valence-electron chi connectivity index (χ2n) is 6.95. The molecule has 3 aromatic rings. The number of fused-ring (bicyclic) bond motifs is 2. The highest BCUT2D eigenvalue weighted by Crippen LogP contribution is 2.48. The summed E-state index contributed by atoms with van der Waals surface area (Å²) in [4.78, 5) is 20.1. The molecule has 1 aromatic carbocycles. The SMILES string of the molecule is CC(C)n1c(Br)nc2c1C(c1ccc(Cl)s1)N(c1cc3c(cc1F)OCO3)C2=O. The fourth-order valence-corrected chi connectivity index (χ4v) is 5.69. The highest BCUT2D eigenvalue weighted by atomic mass is 79.9. The van der Waals surface area contributed by atoms with Crippen LogP contribution in [0.15, 0.2) is 29.0 Å². The smallest absolute Gasteiger partial charge is 0.279 e. The van der Waals surface area contributed by atoms with E-state index in [0.717, 1.165) is 4.88 Å². The summed E-state index contributed by atoms with van der Waals surface area (Å²) in [6, 6.07) is 5.83. The van der Waals surface area contributed by atoms with Crippen LogP contribution in [0.5, 0.6) is 11.5 Å². The number of imidazole rings is 1. The number of benzene rings is 1. The van der Waals surface area contributed by atoms with Gasteiger partial charge in [-0.2, -0.15) is 0 Å². The molecule has 150 valence electrons. The molecule has 0 spiro atoms. The largest absolute Gasteiger partial charge is 0.454 e. The summed E-state index contributed by atoms with van der Waals surface area (Å²) < 4.78 is 28.8. The minimum absolute atomic E-state index is 0.0171. The van der Waals surface area contributed by atoms with Crippen LogP contribution in [0.25, 0.3) is 0 Å². The number of carbonyl (C=O) groups is 1. The molecule has 29 heavy (non-hydrogen) atoms. The fraction of sp³-hybridized carbons (Fsp3) is 0.263. The monoisotopic (exact) mass is 497 g/mol. The van der Waals surface area contributed by atoms with Gasteiger partial charge in [-0.15, -0.1) is 11.3 Å². The molecule has 1 unspecified atom stereocenters. The lowest BCUT2D eigenvalue weighted by atomic mass is 10.1. The summed E-state index contributed by atoms with van der Waals surface area (Å²) in [7, 11) is 0. The van der Waals surface area contributed by atoms with Gasteiger partial charge >= 0.3 is 0 Å². The molecule has 0 saturated heterocycles. The van der Waals surface area contributed by atoms with Gasteiger partial charge in [-0.1, -0.05) is 11.6 Å². The number of ether oxygens (including phenoxy) is 2. The van der Waals surface area contributed by atoms with E-state index in [9.17, 15) is 4.79 Å². The number of halogens is 3. The molecular formula is C19H14BrClFN3O3S. The molecule has 0 saturated carbocycles. The summed E-state index contributed by atoms with van der Waals surface area (Å²) in [5, 5.41) is 0. The zero-order chi connectivity index (χ0) is 20.4. The third kappa shape index (κ3) is 2.78. The first-order valence-corrected chi connectivity index (χ1v) is 10.8. The molecule has 0 N–H and O–H groups in total. The van der Waals surface area contributed by atoms with Crippen molar-refractivity contribution >= 4 is 50.5 Å². The van der Waals surface area contributed by atoms with E-state index >= 15 is 4.39 Å². The van der Waals surface area contributed by atoms with E-state index in [1.54, 1.807) is 6.07 Å². The quantitative estimate of drug-likeness (QED) is 0.474. The van der Waals surface area contributed by atoms with Crippen LogP contribution in [0.4, 0.5) is 10.1 Å². The maximum atomic E-state index is 15.0. The van der Waals surface area contributed by atoms with Crippen molar-refractivity contribution in [3.8, 4) is 11.5 Å². The number of hydrogen-bond acceptors (Lipinski definition) is 5. The molecule has 1 atom stereocenters. The van der Waals surface area contributed by atoms with Crippen LogP contribution in [0.1, 0.15) is 47.0 Å². The number of carbonyl (C=O) groups excluding carboxylic acids is 1. The van der Waals surface area contributed by atoms with Crippen molar-refractivity contribution in [1.29, 1.82) is 0 Å². The molecule has 6 nitrogen and oxygen atoms in total. The first kappa shape index (κ1) is 18.9. The summed E-state index contributed by atoms with van der Waals surface area (Å²) >= 11 is 11.0. The number of thiophene rings is 1. The average molecular weight is 499 g/mol. The Kier molecular flexibility index (Phi) is 4.38. The topological polar surface area (TPSA) is 56.6 Å². The number of nitrogens with zero attached hydrogens (tertiary/aromatic N) is 3. The predicted octanol–water partition coefficient (Wildman–Crippen LogP) is 5.56. The van der Waals surface area contributed by atoms with E-state index < -0.39 is 11.9 Å². The number of aromatic nitrogens is 2. The molecule has 1 amide bonds. The van der Waals surface area contributed by atoms with E-state index in [2.05, 4.69) is 20.9 Å². The van der Waals surface area contributed by atoms with Crippen LogP contribution < -0.4 is 14.4 Å². The maximum absolute atomic E-state index is 15.0. The Morgan fingerprint density at radius 2 is 2.03 bits per heavy atom. The standard InChI is InChI=1S/C19H14BrClFN3O3S/c1-8(2)24-17-15(23-19(24)20)18(26)25(16(17)13-3-4-14(21)29-13)10-6-12-11(5-9(10)22)27-7-28-12/h3-6,8,16H,7H2,1-2H3. The van der Waals surface area contributed by atoms with Gasteiger partial charge < -0.3 is 14.0 Å². The van der Waals surface area contributed by atoms with Crippen LogP contribution in [0.2, 0.25) is 4.34 Å². The molecule has 0 fully saturated rings. The third-order valence-electron chi connectivity index (χ3n) is 4.93. The molecule has 5 rings (SSSR count). The molecule has 2 aromatic heterocycles. The minimum atomic E-state index is -0.574. The third-order valence-corrected chi connectivity index (χ3v) is 6.77. The van der Waals surface area contributed by atoms with Gasteiger partial charge in [0.1, 0.15) is 6.04 Å². The normalized spacial score (nSPS) is 17.5. The second-order valence-corrected chi connectivity index (χ2v) is 9.41. The molecule has 2 aliphatic rings. The zero-order valence-electron chi connectivity index (χ0n) is 15.3. The van der Waals surface area contributed by atoms with Crippen molar-refractivity contribution in [3.63, 3.8) is 0 Å². The minimum Gasteiger partial charge on any atom is -0.454 e. The van der Waals surface area contributed by atoms with Gasteiger partial charge in [-0.25, -0.2) is 9.37 Å². The molecule has 0 bridgehead atoms. The van der Waals surface area contributed by atoms with Gasteiger partial charge in [0.15, 0.2) is 27.7 Å². The molecule has 10 heteroatoms. The number of anilines is 1. The maximum Gasteiger partial charge on any atom is 0.279 e.